The molecular weight excluding hydrogens is 250 g/mol. The Hall–Kier alpha value is -1.84. The molecule has 1 aliphatic rings. The first kappa shape index (κ1) is 13.2. The minimum Gasteiger partial charge on any atom is -0.507 e. The number of phenolic OH excluding ortho intramolecular Hbond substituents is 1. The number of ether oxygens (including phenoxy) is 1. The van der Waals surface area contributed by atoms with Crippen LogP contribution in [0, 0.1) is 0 Å². The average Bonchev–Trinajstić information content (AvgIpc) is 2.50. The summed E-state index contributed by atoms with van der Waals surface area (Å²) in [5.74, 6) is 0.327. The fraction of sp³-hybridized carbons (Fsp3) is 0.294. The van der Waals surface area contributed by atoms with E-state index >= 15 is 0 Å². The number of hydrogen-bond acceptors (Lipinski definition) is 3. The van der Waals surface area contributed by atoms with Crippen molar-refractivity contribution in [2.45, 2.75) is 6.54 Å². The summed E-state index contributed by atoms with van der Waals surface area (Å²) < 4.78 is 5.36. The topological polar surface area (TPSA) is 32.7 Å². The predicted molar refractivity (Wildman–Crippen MR) is 79.6 cm³/mol. The number of hydrogen-bond donors (Lipinski definition) is 1. The second-order valence-electron chi connectivity index (χ2n) is 5.10. The quantitative estimate of drug-likeness (QED) is 0.930. The molecule has 3 rings (SSSR count). The van der Waals surface area contributed by atoms with E-state index in [1.54, 1.807) is 6.07 Å². The van der Waals surface area contributed by atoms with Gasteiger partial charge in [0.25, 0.3) is 0 Å². The summed E-state index contributed by atoms with van der Waals surface area (Å²) in [4.78, 5) is 2.40. The number of para-hydroxylation sites is 1. The highest BCUT2D eigenvalue weighted by atomic mass is 16.5. The summed E-state index contributed by atoms with van der Waals surface area (Å²) in [5.41, 5.74) is 3.23. The molecule has 1 saturated heterocycles. The molecule has 0 spiro atoms. The van der Waals surface area contributed by atoms with Crippen LogP contribution < -0.4 is 0 Å². The van der Waals surface area contributed by atoms with Crippen LogP contribution in [0.1, 0.15) is 5.56 Å². The average molecular weight is 269 g/mol. The van der Waals surface area contributed by atoms with E-state index in [9.17, 15) is 5.11 Å². The van der Waals surface area contributed by atoms with Gasteiger partial charge in [-0.2, -0.15) is 0 Å². The fourth-order valence-electron chi connectivity index (χ4n) is 2.52. The Morgan fingerprint density at radius 2 is 1.65 bits per heavy atom. The van der Waals surface area contributed by atoms with Gasteiger partial charge in [0, 0.05) is 25.2 Å². The van der Waals surface area contributed by atoms with Crippen molar-refractivity contribution in [2.75, 3.05) is 26.3 Å². The molecule has 3 nitrogen and oxygen atoms in total. The summed E-state index contributed by atoms with van der Waals surface area (Å²) in [6.45, 7) is 4.62. The smallest absolute Gasteiger partial charge is 0.123 e. The van der Waals surface area contributed by atoms with Gasteiger partial charge >= 0.3 is 0 Å². The Balaban J connectivity index is 1.73. The van der Waals surface area contributed by atoms with Crippen LogP contribution in [0.2, 0.25) is 0 Å². The molecule has 0 bridgehead atoms. The lowest BCUT2D eigenvalue weighted by atomic mass is 10.0. The molecule has 0 aromatic heterocycles. The van der Waals surface area contributed by atoms with E-state index in [0.717, 1.165) is 44.0 Å². The normalized spacial score (nSPS) is 16.2. The third-order valence-electron chi connectivity index (χ3n) is 3.68. The molecule has 20 heavy (non-hydrogen) atoms. The molecule has 1 N–H and O–H groups in total. The molecule has 0 unspecified atom stereocenters. The summed E-state index contributed by atoms with van der Waals surface area (Å²) in [5, 5.41) is 9.87. The van der Waals surface area contributed by atoms with Gasteiger partial charge in [-0.1, -0.05) is 42.5 Å². The van der Waals surface area contributed by atoms with Crippen LogP contribution >= 0.6 is 0 Å². The van der Waals surface area contributed by atoms with Crippen LogP contribution in [-0.4, -0.2) is 36.3 Å². The lowest BCUT2D eigenvalue weighted by molar-refractivity contribution is 0.0342. The Bertz CT molecular complexity index is 559. The first-order valence-corrected chi connectivity index (χ1v) is 7.00. The van der Waals surface area contributed by atoms with E-state index < -0.39 is 0 Å². The van der Waals surface area contributed by atoms with E-state index in [-0.39, 0.29) is 0 Å². The Morgan fingerprint density at radius 1 is 0.950 bits per heavy atom. The van der Waals surface area contributed by atoms with Crippen molar-refractivity contribution >= 4 is 0 Å². The van der Waals surface area contributed by atoms with Crippen molar-refractivity contribution in [3.05, 3.63) is 54.1 Å². The van der Waals surface area contributed by atoms with E-state index in [4.69, 9.17) is 4.74 Å². The second-order valence-corrected chi connectivity index (χ2v) is 5.10. The first-order valence-electron chi connectivity index (χ1n) is 7.00. The second kappa shape index (κ2) is 6.07. The number of benzene rings is 2. The Labute approximate surface area is 119 Å². The van der Waals surface area contributed by atoms with Crippen molar-refractivity contribution in [1.29, 1.82) is 0 Å². The fourth-order valence-corrected chi connectivity index (χ4v) is 2.52. The van der Waals surface area contributed by atoms with Crippen molar-refractivity contribution in [1.82, 2.24) is 4.90 Å². The third kappa shape index (κ3) is 3.00. The first-order chi connectivity index (χ1) is 9.83. The van der Waals surface area contributed by atoms with Crippen molar-refractivity contribution in [3.63, 3.8) is 0 Å². The maximum absolute atomic E-state index is 9.87. The van der Waals surface area contributed by atoms with Gasteiger partial charge in [0.1, 0.15) is 5.75 Å². The maximum atomic E-state index is 9.87. The molecular formula is C17H19NO2. The van der Waals surface area contributed by atoms with E-state index in [0.29, 0.717) is 5.75 Å². The van der Waals surface area contributed by atoms with Gasteiger partial charge in [-0.3, -0.25) is 4.90 Å². The van der Waals surface area contributed by atoms with E-state index in [1.807, 2.05) is 18.2 Å². The summed E-state index contributed by atoms with van der Waals surface area (Å²) in [6, 6.07) is 15.9. The SMILES string of the molecule is Oc1ccccc1-c1ccc(CN2CCOCC2)cc1. The van der Waals surface area contributed by atoms with Crippen molar-refractivity contribution in [2.24, 2.45) is 0 Å². The van der Waals surface area contributed by atoms with E-state index in [1.165, 1.54) is 5.56 Å². The van der Waals surface area contributed by atoms with Gasteiger partial charge in [-0.25, -0.2) is 0 Å². The number of rotatable bonds is 3. The molecule has 0 amide bonds. The number of morpholine rings is 1. The predicted octanol–water partition coefficient (Wildman–Crippen LogP) is 2.89. The van der Waals surface area contributed by atoms with Crippen LogP contribution in [0.4, 0.5) is 0 Å². The van der Waals surface area contributed by atoms with Crippen LogP contribution in [0.5, 0.6) is 5.75 Å². The zero-order chi connectivity index (χ0) is 13.8. The molecule has 0 atom stereocenters. The highest BCUT2D eigenvalue weighted by Gasteiger charge is 2.10. The van der Waals surface area contributed by atoms with Gasteiger partial charge in [0.05, 0.1) is 13.2 Å². The number of nitrogens with zero attached hydrogens (tertiary/aromatic N) is 1. The largest absolute Gasteiger partial charge is 0.507 e. The molecule has 1 aliphatic heterocycles. The van der Waals surface area contributed by atoms with E-state index in [2.05, 4.69) is 29.2 Å². The van der Waals surface area contributed by atoms with Gasteiger partial charge in [-0.15, -0.1) is 0 Å². The molecule has 0 aliphatic carbocycles. The number of aromatic hydroxyl groups is 1. The lowest BCUT2D eigenvalue weighted by Gasteiger charge is -2.26. The standard InChI is InChI=1S/C17H19NO2/c19-17-4-2-1-3-16(17)15-7-5-14(6-8-15)13-18-9-11-20-12-10-18/h1-8,19H,9-13H2. The molecule has 0 saturated carbocycles. The number of phenols is 1. The minimum absolute atomic E-state index is 0.327. The third-order valence-corrected chi connectivity index (χ3v) is 3.68. The van der Waals surface area contributed by atoms with Crippen LogP contribution in [0.3, 0.4) is 0 Å². The lowest BCUT2D eigenvalue weighted by Crippen LogP contribution is -2.35. The summed E-state index contributed by atoms with van der Waals surface area (Å²) >= 11 is 0. The summed E-state index contributed by atoms with van der Waals surface area (Å²) in [7, 11) is 0. The Kier molecular flexibility index (Phi) is 4.00. The molecule has 1 heterocycles. The van der Waals surface area contributed by atoms with Crippen LogP contribution in [-0.2, 0) is 11.3 Å². The zero-order valence-electron chi connectivity index (χ0n) is 11.5. The molecule has 2 aromatic carbocycles. The highest BCUT2D eigenvalue weighted by molar-refractivity contribution is 5.69. The van der Waals surface area contributed by atoms with Gasteiger partial charge in [0.15, 0.2) is 0 Å². The zero-order valence-corrected chi connectivity index (χ0v) is 11.5. The van der Waals surface area contributed by atoms with Crippen LogP contribution in [0.25, 0.3) is 11.1 Å². The van der Waals surface area contributed by atoms with Gasteiger partial charge in [0.2, 0.25) is 0 Å². The highest BCUT2D eigenvalue weighted by Crippen LogP contribution is 2.28. The monoisotopic (exact) mass is 269 g/mol. The Morgan fingerprint density at radius 3 is 2.35 bits per heavy atom. The maximum Gasteiger partial charge on any atom is 0.123 e. The summed E-state index contributed by atoms with van der Waals surface area (Å²) in [6.07, 6.45) is 0. The molecule has 1 fully saturated rings. The van der Waals surface area contributed by atoms with Gasteiger partial charge in [-0.05, 0) is 17.2 Å². The van der Waals surface area contributed by atoms with Crippen molar-refractivity contribution in [3.8, 4) is 16.9 Å². The van der Waals surface area contributed by atoms with Gasteiger partial charge < -0.3 is 9.84 Å². The molecule has 0 radical (unpaired) electrons. The molecule has 3 heteroatoms. The van der Waals surface area contributed by atoms with Crippen LogP contribution in [0.15, 0.2) is 48.5 Å². The molecule has 2 aromatic rings. The van der Waals surface area contributed by atoms with Crippen molar-refractivity contribution < 1.29 is 9.84 Å². The minimum atomic E-state index is 0.327. The molecule has 104 valence electrons.